The molecule has 1 N–H and O–H groups in total. The van der Waals surface area contributed by atoms with Crippen LogP contribution in [0, 0.1) is 6.92 Å². The Kier molecular flexibility index (Phi) is 4.06. The molecular formula is C9H17N2O4S+. The molecule has 0 aliphatic carbocycles. The second-order valence-electron chi connectivity index (χ2n) is 3.51. The number of imidazole rings is 1. The van der Waals surface area contributed by atoms with Crippen LogP contribution in [0.15, 0.2) is 6.20 Å². The molecule has 0 saturated carbocycles. The van der Waals surface area contributed by atoms with Crippen molar-refractivity contribution >= 4 is 10.4 Å². The Bertz CT molecular complexity index is 464. The molecule has 0 aromatic carbocycles. The van der Waals surface area contributed by atoms with Gasteiger partial charge in [0.2, 0.25) is 0 Å². The summed E-state index contributed by atoms with van der Waals surface area (Å²) in [5.74, 6) is 1.09. The minimum absolute atomic E-state index is 0.0557. The van der Waals surface area contributed by atoms with Gasteiger partial charge in [-0.05, 0) is 6.92 Å². The van der Waals surface area contributed by atoms with Crippen LogP contribution >= 0.6 is 0 Å². The van der Waals surface area contributed by atoms with E-state index in [-0.39, 0.29) is 6.61 Å². The smallest absolute Gasteiger partial charge is 0.264 e. The Balaban J connectivity index is 2.68. The zero-order chi connectivity index (χ0) is 12.3. The molecule has 0 unspecified atom stereocenters. The summed E-state index contributed by atoms with van der Waals surface area (Å²) in [6.45, 7) is 4.82. The number of aryl methyl sites for hydroxylation is 1. The summed E-state index contributed by atoms with van der Waals surface area (Å²) in [6.07, 6.45) is 2.38. The fraction of sp³-hybridized carbons (Fsp3) is 0.667. The van der Waals surface area contributed by atoms with Gasteiger partial charge >= 0.3 is 10.4 Å². The zero-order valence-corrected chi connectivity index (χ0v) is 10.5. The van der Waals surface area contributed by atoms with Crippen LogP contribution in [-0.2, 0) is 34.6 Å². The predicted octanol–water partition coefficient (Wildman–Crippen LogP) is 0.00282. The summed E-state index contributed by atoms with van der Waals surface area (Å²) < 4.78 is 37.4. The average molecular weight is 249 g/mol. The van der Waals surface area contributed by atoms with E-state index in [9.17, 15) is 8.42 Å². The molecule has 6 nitrogen and oxygen atoms in total. The second-order valence-corrected chi connectivity index (χ2v) is 4.60. The van der Waals surface area contributed by atoms with Crippen LogP contribution in [0.5, 0.6) is 0 Å². The Morgan fingerprint density at radius 1 is 1.56 bits per heavy atom. The fourth-order valence-electron chi connectivity index (χ4n) is 1.56. The van der Waals surface area contributed by atoms with Gasteiger partial charge in [-0.15, -0.1) is 0 Å². The van der Waals surface area contributed by atoms with Gasteiger partial charge in [0, 0.05) is 13.3 Å². The van der Waals surface area contributed by atoms with Crippen LogP contribution in [0.2, 0.25) is 0 Å². The van der Waals surface area contributed by atoms with Crippen LogP contribution in [0.3, 0.4) is 0 Å². The topological polar surface area (TPSA) is 72.4 Å². The monoisotopic (exact) mass is 249 g/mol. The normalized spacial score (nSPS) is 12.0. The quantitative estimate of drug-likeness (QED) is 0.589. The molecule has 0 aliphatic heterocycles. The van der Waals surface area contributed by atoms with E-state index in [4.69, 9.17) is 4.55 Å². The minimum atomic E-state index is -4.33. The second kappa shape index (κ2) is 4.94. The summed E-state index contributed by atoms with van der Waals surface area (Å²) in [5, 5.41) is 0. The Labute approximate surface area is 95.4 Å². The van der Waals surface area contributed by atoms with Gasteiger partial charge in [-0.1, -0.05) is 0 Å². The van der Waals surface area contributed by atoms with Crippen LogP contribution < -0.4 is 4.57 Å². The van der Waals surface area contributed by atoms with Crippen molar-refractivity contribution in [3.63, 3.8) is 0 Å². The number of rotatable bonds is 5. The highest BCUT2D eigenvalue weighted by atomic mass is 32.3. The molecule has 0 radical (unpaired) electrons. The third-order valence-corrected chi connectivity index (χ3v) is 3.03. The molecule has 0 aliphatic rings. The molecule has 0 amide bonds. The molecule has 1 aromatic heterocycles. The van der Waals surface area contributed by atoms with E-state index in [1.165, 1.54) is 0 Å². The molecule has 16 heavy (non-hydrogen) atoms. The van der Waals surface area contributed by atoms with E-state index in [2.05, 4.69) is 8.75 Å². The van der Waals surface area contributed by atoms with Crippen molar-refractivity contribution in [2.24, 2.45) is 7.05 Å². The largest absolute Gasteiger partial charge is 0.397 e. The molecule has 1 rings (SSSR count). The van der Waals surface area contributed by atoms with E-state index in [1.807, 2.05) is 31.7 Å². The molecule has 92 valence electrons. The van der Waals surface area contributed by atoms with Crippen molar-refractivity contribution in [1.82, 2.24) is 4.57 Å². The van der Waals surface area contributed by atoms with Gasteiger partial charge < -0.3 is 0 Å². The van der Waals surface area contributed by atoms with E-state index in [0.29, 0.717) is 6.42 Å². The first-order valence-electron chi connectivity index (χ1n) is 5.01. The van der Waals surface area contributed by atoms with Gasteiger partial charge in [0.1, 0.15) is 11.9 Å². The summed E-state index contributed by atoms with van der Waals surface area (Å²) in [4.78, 5) is 0. The van der Waals surface area contributed by atoms with Gasteiger partial charge in [0.25, 0.3) is 5.82 Å². The van der Waals surface area contributed by atoms with Crippen LogP contribution in [0.1, 0.15) is 18.4 Å². The standard InChI is InChI=1S/C9H16N2O4S/c1-4-11-7-9(10(3)8(11)2)5-6-15-16(12,13)14/h7H,4-6H2,1-3H3/p+1. The fourth-order valence-corrected chi connectivity index (χ4v) is 1.86. The van der Waals surface area contributed by atoms with Crippen molar-refractivity contribution in [3.05, 3.63) is 17.7 Å². The summed E-state index contributed by atoms with van der Waals surface area (Å²) in [7, 11) is -2.43. The van der Waals surface area contributed by atoms with Gasteiger partial charge in [-0.3, -0.25) is 4.55 Å². The molecule has 7 heteroatoms. The summed E-state index contributed by atoms with van der Waals surface area (Å²) in [5.41, 5.74) is 0.961. The lowest BCUT2D eigenvalue weighted by Gasteiger charge is -1.97. The summed E-state index contributed by atoms with van der Waals surface area (Å²) in [6, 6.07) is 0. The number of hydrogen-bond donors (Lipinski definition) is 1. The minimum Gasteiger partial charge on any atom is -0.264 e. The van der Waals surface area contributed by atoms with Crippen molar-refractivity contribution in [2.45, 2.75) is 26.8 Å². The van der Waals surface area contributed by atoms with Crippen molar-refractivity contribution in [1.29, 1.82) is 0 Å². The third-order valence-electron chi connectivity index (χ3n) is 2.57. The maximum Gasteiger partial charge on any atom is 0.397 e. The van der Waals surface area contributed by atoms with Crippen molar-refractivity contribution < 1.29 is 21.7 Å². The molecule has 0 bridgehead atoms. The highest BCUT2D eigenvalue weighted by Gasteiger charge is 2.16. The lowest BCUT2D eigenvalue weighted by Crippen LogP contribution is -2.33. The van der Waals surface area contributed by atoms with Gasteiger partial charge in [0.05, 0.1) is 20.2 Å². The molecule has 0 spiro atoms. The Morgan fingerprint density at radius 3 is 2.62 bits per heavy atom. The Morgan fingerprint density at radius 2 is 2.19 bits per heavy atom. The van der Waals surface area contributed by atoms with Crippen molar-refractivity contribution in [2.75, 3.05) is 6.61 Å². The van der Waals surface area contributed by atoms with E-state index < -0.39 is 10.4 Å². The highest BCUT2D eigenvalue weighted by Crippen LogP contribution is 2.02. The first kappa shape index (κ1) is 13.1. The van der Waals surface area contributed by atoms with Gasteiger partial charge in [-0.25, -0.2) is 13.3 Å². The number of hydrogen-bond acceptors (Lipinski definition) is 3. The van der Waals surface area contributed by atoms with E-state index >= 15 is 0 Å². The van der Waals surface area contributed by atoms with Gasteiger partial charge in [-0.2, -0.15) is 8.42 Å². The third kappa shape index (κ3) is 3.29. The number of aromatic nitrogens is 2. The van der Waals surface area contributed by atoms with E-state index in [1.54, 1.807) is 0 Å². The zero-order valence-electron chi connectivity index (χ0n) is 9.67. The van der Waals surface area contributed by atoms with Crippen LogP contribution in [0.25, 0.3) is 0 Å². The first-order valence-corrected chi connectivity index (χ1v) is 6.38. The molecule has 0 atom stereocenters. The Hall–Kier alpha value is -0.920. The molecule has 1 aromatic rings. The maximum atomic E-state index is 10.4. The highest BCUT2D eigenvalue weighted by molar-refractivity contribution is 7.80. The van der Waals surface area contributed by atoms with Crippen molar-refractivity contribution in [3.8, 4) is 0 Å². The first-order chi connectivity index (χ1) is 7.35. The maximum absolute atomic E-state index is 10.4. The predicted molar refractivity (Wildman–Crippen MR) is 57.2 cm³/mol. The lowest BCUT2D eigenvalue weighted by molar-refractivity contribution is -0.699. The van der Waals surface area contributed by atoms with Crippen LogP contribution in [-0.4, -0.2) is 24.1 Å². The molecule has 0 saturated heterocycles. The number of nitrogens with zero attached hydrogens (tertiary/aromatic N) is 2. The SMILES string of the molecule is CC[n+]1cc(CCOS(=O)(=O)O)n(C)c1C. The summed E-state index contributed by atoms with van der Waals surface area (Å²) >= 11 is 0. The lowest BCUT2D eigenvalue weighted by atomic mass is 10.3. The average Bonchev–Trinajstić information content (AvgIpc) is 2.44. The van der Waals surface area contributed by atoms with Gasteiger partial charge in [0.15, 0.2) is 0 Å². The molecule has 0 fully saturated rings. The molecular weight excluding hydrogens is 232 g/mol. The van der Waals surface area contributed by atoms with E-state index in [0.717, 1.165) is 18.1 Å². The van der Waals surface area contributed by atoms with Crippen LogP contribution in [0.4, 0.5) is 0 Å². The molecule has 1 heterocycles.